The summed E-state index contributed by atoms with van der Waals surface area (Å²) >= 11 is 0. The van der Waals surface area contributed by atoms with Crippen molar-refractivity contribution in [2.24, 2.45) is 0 Å². The van der Waals surface area contributed by atoms with Gasteiger partial charge in [0, 0.05) is 36.7 Å². The summed E-state index contributed by atoms with van der Waals surface area (Å²) in [5.41, 5.74) is 1.97. The lowest BCUT2D eigenvalue weighted by atomic mass is 10.2. The van der Waals surface area contributed by atoms with E-state index in [9.17, 15) is 9.18 Å². The summed E-state index contributed by atoms with van der Waals surface area (Å²) in [6, 6.07) is 14.3. The standard InChI is InChI=1S/C22H25FN6O/c1-4-13-29(3)21-14-20(24-15(2)25-21)26-17-9-11-19(12-10-17)28-22(30)27-18-7-5-16(23)6-8-18/h5-12,14H,4,13H2,1-3H3,(H,24,25,26)(H2,27,28,30). The maximum atomic E-state index is 12.9. The molecule has 1 aromatic heterocycles. The lowest BCUT2D eigenvalue weighted by Gasteiger charge is -2.18. The number of nitrogens with zero attached hydrogens (tertiary/aromatic N) is 3. The number of benzene rings is 2. The highest BCUT2D eigenvalue weighted by Crippen LogP contribution is 2.21. The fourth-order valence-electron chi connectivity index (χ4n) is 2.87. The zero-order valence-corrected chi connectivity index (χ0v) is 17.2. The lowest BCUT2D eigenvalue weighted by molar-refractivity contribution is 0.262. The van der Waals surface area contributed by atoms with Gasteiger partial charge in [-0.3, -0.25) is 0 Å². The molecule has 0 saturated heterocycles. The predicted molar refractivity (Wildman–Crippen MR) is 119 cm³/mol. The Kier molecular flexibility index (Phi) is 6.79. The molecular formula is C22H25FN6O. The van der Waals surface area contributed by atoms with Gasteiger partial charge in [0.05, 0.1) is 0 Å². The molecule has 0 unspecified atom stereocenters. The van der Waals surface area contributed by atoms with Gasteiger partial charge in [-0.1, -0.05) is 6.92 Å². The van der Waals surface area contributed by atoms with Gasteiger partial charge in [0.1, 0.15) is 23.3 Å². The average Bonchev–Trinajstić information content (AvgIpc) is 2.71. The summed E-state index contributed by atoms with van der Waals surface area (Å²) in [4.78, 5) is 23.1. The van der Waals surface area contributed by atoms with Gasteiger partial charge in [0.25, 0.3) is 0 Å². The molecule has 0 spiro atoms. The van der Waals surface area contributed by atoms with Gasteiger partial charge in [-0.25, -0.2) is 19.2 Å². The molecule has 30 heavy (non-hydrogen) atoms. The maximum Gasteiger partial charge on any atom is 0.323 e. The second kappa shape index (κ2) is 9.69. The van der Waals surface area contributed by atoms with Gasteiger partial charge in [0.15, 0.2) is 0 Å². The minimum absolute atomic E-state index is 0.355. The van der Waals surface area contributed by atoms with Crippen LogP contribution in [0.3, 0.4) is 0 Å². The molecule has 2 aromatic carbocycles. The van der Waals surface area contributed by atoms with Crippen molar-refractivity contribution in [2.45, 2.75) is 20.3 Å². The summed E-state index contributed by atoms with van der Waals surface area (Å²) in [7, 11) is 2.01. The van der Waals surface area contributed by atoms with E-state index in [0.29, 0.717) is 23.0 Å². The first-order valence-corrected chi connectivity index (χ1v) is 9.70. The van der Waals surface area contributed by atoms with Gasteiger partial charge in [-0.05, 0) is 61.9 Å². The number of amides is 2. The Morgan fingerprint density at radius 2 is 1.53 bits per heavy atom. The average molecular weight is 408 g/mol. The quantitative estimate of drug-likeness (QED) is 0.503. The van der Waals surface area contributed by atoms with Crippen molar-refractivity contribution in [3.8, 4) is 0 Å². The number of rotatable bonds is 7. The molecule has 156 valence electrons. The Hall–Kier alpha value is -3.68. The molecule has 0 bridgehead atoms. The van der Waals surface area contributed by atoms with E-state index < -0.39 is 6.03 Å². The van der Waals surface area contributed by atoms with Crippen LogP contribution in [0.4, 0.5) is 37.9 Å². The first-order valence-electron chi connectivity index (χ1n) is 9.70. The van der Waals surface area contributed by atoms with E-state index in [1.165, 1.54) is 24.3 Å². The highest BCUT2D eigenvalue weighted by atomic mass is 19.1. The minimum Gasteiger partial charge on any atom is -0.360 e. The molecule has 0 aliphatic heterocycles. The topological polar surface area (TPSA) is 82.2 Å². The first-order chi connectivity index (χ1) is 14.4. The van der Waals surface area contributed by atoms with Crippen LogP contribution in [-0.2, 0) is 0 Å². The Morgan fingerprint density at radius 3 is 2.13 bits per heavy atom. The highest BCUT2D eigenvalue weighted by Gasteiger charge is 2.07. The van der Waals surface area contributed by atoms with Gasteiger partial charge in [0.2, 0.25) is 0 Å². The van der Waals surface area contributed by atoms with E-state index >= 15 is 0 Å². The first kappa shape index (κ1) is 21.0. The highest BCUT2D eigenvalue weighted by molar-refractivity contribution is 5.99. The van der Waals surface area contributed by atoms with E-state index in [4.69, 9.17) is 0 Å². The van der Waals surface area contributed by atoms with Crippen molar-refractivity contribution in [1.29, 1.82) is 0 Å². The van der Waals surface area contributed by atoms with Crippen molar-refractivity contribution >= 4 is 34.7 Å². The molecule has 3 N–H and O–H groups in total. The molecule has 0 saturated carbocycles. The van der Waals surface area contributed by atoms with Crippen LogP contribution in [0.1, 0.15) is 19.2 Å². The SMILES string of the molecule is CCCN(C)c1cc(Nc2ccc(NC(=O)Nc3ccc(F)cc3)cc2)nc(C)n1. The molecule has 3 rings (SSSR count). The van der Waals surface area contributed by atoms with Gasteiger partial charge >= 0.3 is 6.03 Å². The molecule has 7 nitrogen and oxygen atoms in total. The number of carbonyl (C=O) groups is 1. The summed E-state index contributed by atoms with van der Waals surface area (Å²) in [6.07, 6.45) is 1.03. The number of aryl methyl sites for hydroxylation is 1. The second-order valence-electron chi connectivity index (χ2n) is 6.87. The van der Waals surface area contributed by atoms with Gasteiger partial charge in [-0.15, -0.1) is 0 Å². The molecule has 0 aliphatic rings. The van der Waals surface area contributed by atoms with E-state index in [1.54, 1.807) is 12.1 Å². The van der Waals surface area contributed by atoms with Crippen LogP contribution in [0.15, 0.2) is 54.6 Å². The number of urea groups is 1. The smallest absolute Gasteiger partial charge is 0.323 e. The largest absolute Gasteiger partial charge is 0.360 e. The Morgan fingerprint density at radius 1 is 0.967 bits per heavy atom. The molecule has 8 heteroatoms. The third-order valence-electron chi connectivity index (χ3n) is 4.29. The van der Waals surface area contributed by atoms with E-state index in [-0.39, 0.29) is 5.82 Å². The Bertz CT molecular complexity index is 992. The van der Waals surface area contributed by atoms with E-state index in [1.807, 2.05) is 32.2 Å². The molecule has 0 fully saturated rings. The van der Waals surface area contributed by atoms with Crippen molar-refractivity contribution in [1.82, 2.24) is 9.97 Å². The molecule has 0 atom stereocenters. The zero-order valence-electron chi connectivity index (χ0n) is 17.2. The van der Waals surface area contributed by atoms with Crippen LogP contribution in [0.2, 0.25) is 0 Å². The fraction of sp³-hybridized carbons (Fsp3) is 0.227. The molecule has 3 aromatic rings. The summed E-state index contributed by atoms with van der Waals surface area (Å²) in [6.45, 7) is 4.90. The minimum atomic E-state index is -0.405. The molecule has 0 radical (unpaired) electrons. The van der Waals surface area contributed by atoms with E-state index in [0.717, 1.165) is 24.5 Å². The monoisotopic (exact) mass is 408 g/mol. The predicted octanol–water partition coefficient (Wildman–Crippen LogP) is 5.16. The van der Waals surface area contributed by atoms with Crippen molar-refractivity contribution < 1.29 is 9.18 Å². The molecule has 0 aliphatic carbocycles. The summed E-state index contributed by atoms with van der Waals surface area (Å²) in [5, 5.41) is 8.66. The number of carbonyl (C=O) groups excluding carboxylic acids is 1. The molecular weight excluding hydrogens is 383 g/mol. The number of anilines is 5. The van der Waals surface area contributed by atoms with Crippen molar-refractivity contribution in [2.75, 3.05) is 34.4 Å². The van der Waals surface area contributed by atoms with Crippen molar-refractivity contribution in [3.05, 3.63) is 66.2 Å². The maximum absolute atomic E-state index is 12.9. The number of hydrogen-bond acceptors (Lipinski definition) is 5. The summed E-state index contributed by atoms with van der Waals surface area (Å²) in [5.74, 6) is 1.90. The number of nitrogens with one attached hydrogen (secondary N) is 3. The van der Waals surface area contributed by atoms with Crippen LogP contribution in [0.5, 0.6) is 0 Å². The van der Waals surface area contributed by atoms with Gasteiger partial charge < -0.3 is 20.9 Å². The Labute approximate surface area is 175 Å². The van der Waals surface area contributed by atoms with Crippen LogP contribution < -0.4 is 20.9 Å². The van der Waals surface area contributed by atoms with Crippen LogP contribution >= 0.6 is 0 Å². The molecule has 2 amide bonds. The Balaban J connectivity index is 1.61. The van der Waals surface area contributed by atoms with Crippen molar-refractivity contribution in [3.63, 3.8) is 0 Å². The summed E-state index contributed by atoms with van der Waals surface area (Å²) < 4.78 is 12.9. The third kappa shape index (κ3) is 5.91. The fourth-order valence-corrected chi connectivity index (χ4v) is 2.87. The zero-order chi connectivity index (χ0) is 21.5. The normalized spacial score (nSPS) is 10.4. The van der Waals surface area contributed by atoms with Gasteiger partial charge in [-0.2, -0.15) is 0 Å². The third-order valence-corrected chi connectivity index (χ3v) is 4.29. The van der Waals surface area contributed by atoms with E-state index in [2.05, 4.69) is 37.7 Å². The molecule has 1 heterocycles. The number of hydrogen-bond donors (Lipinski definition) is 3. The van der Waals surface area contributed by atoms with Crippen LogP contribution in [0, 0.1) is 12.7 Å². The number of halogens is 1. The van der Waals surface area contributed by atoms with Crippen LogP contribution in [0.25, 0.3) is 0 Å². The second-order valence-corrected chi connectivity index (χ2v) is 6.87. The van der Waals surface area contributed by atoms with Crippen LogP contribution in [-0.4, -0.2) is 29.6 Å². The number of aromatic nitrogens is 2. The lowest BCUT2D eigenvalue weighted by Crippen LogP contribution is -2.20.